The second-order valence-corrected chi connectivity index (χ2v) is 16.9. The molecule has 59 heavy (non-hydrogen) atoms. The van der Waals surface area contributed by atoms with E-state index < -0.39 is 5.60 Å². The third kappa shape index (κ3) is 7.58. The largest absolute Gasteiger partial charge is 0.451 e. The second kappa shape index (κ2) is 15.5. The molecule has 0 bridgehead atoms. The van der Waals surface area contributed by atoms with E-state index in [-0.39, 0.29) is 18.5 Å². The van der Waals surface area contributed by atoms with Gasteiger partial charge in [-0.15, -0.1) is 10.2 Å². The molecule has 4 aliphatic rings. The molecule has 3 aromatic heterocycles. The number of benzene rings is 3. The molecule has 15 nitrogen and oxygen atoms in total. The summed E-state index contributed by atoms with van der Waals surface area (Å²) in [4.78, 5) is 24.2. The highest BCUT2D eigenvalue weighted by Gasteiger charge is 2.30. The molecule has 15 heteroatoms. The van der Waals surface area contributed by atoms with Crippen LogP contribution in [-0.4, -0.2) is 109 Å². The van der Waals surface area contributed by atoms with Gasteiger partial charge in [-0.25, -0.2) is 19.1 Å². The molecular weight excluding hydrogens is 749 g/mol. The van der Waals surface area contributed by atoms with Gasteiger partial charge in [0, 0.05) is 64.2 Å². The summed E-state index contributed by atoms with van der Waals surface area (Å²) in [5, 5.41) is 18.0. The monoisotopic (exact) mass is 798 g/mol. The molecule has 10 rings (SSSR count). The average molecular weight is 799 g/mol. The van der Waals surface area contributed by atoms with Crippen LogP contribution >= 0.6 is 0 Å². The van der Waals surface area contributed by atoms with Crippen LogP contribution in [0.4, 0.5) is 16.3 Å². The van der Waals surface area contributed by atoms with E-state index in [1.54, 1.807) is 4.90 Å². The zero-order valence-electron chi connectivity index (χ0n) is 33.9. The number of anilines is 2. The number of rotatable bonds is 7. The Morgan fingerprint density at radius 1 is 0.712 bits per heavy atom. The number of aromatic nitrogens is 7. The van der Waals surface area contributed by atoms with Gasteiger partial charge in [-0.2, -0.15) is 0 Å². The van der Waals surface area contributed by atoms with E-state index in [9.17, 15) is 4.79 Å². The van der Waals surface area contributed by atoms with Gasteiger partial charge >= 0.3 is 6.09 Å². The van der Waals surface area contributed by atoms with Crippen LogP contribution in [0.25, 0.3) is 44.3 Å². The molecule has 2 atom stereocenters. The summed E-state index contributed by atoms with van der Waals surface area (Å²) in [5.74, 6) is 2.17. The van der Waals surface area contributed by atoms with Crippen molar-refractivity contribution in [3.8, 4) is 33.8 Å². The Bertz CT molecular complexity index is 2350. The maximum absolute atomic E-state index is 12.8. The van der Waals surface area contributed by atoms with Gasteiger partial charge in [-0.1, -0.05) is 28.6 Å². The molecular formula is C44H50N10O5. The summed E-state index contributed by atoms with van der Waals surface area (Å²) in [6.45, 7) is 11.4. The smallest absolute Gasteiger partial charge is 0.410 e. The molecule has 7 heterocycles. The fourth-order valence-electron chi connectivity index (χ4n) is 8.55. The Morgan fingerprint density at radius 3 is 1.92 bits per heavy atom. The lowest BCUT2D eigenvalue weighted by Crippen LogP contribution is -2.51. The zero-order chi connectivity index (χ0) is 40.1. The number of piperazine rings is 1. The minimum atomic E-state index is -0.522. The van der Waals surface area contributed by atoms with Crippen molar-refractivity contribution in [2.75, 3.05) is 57.4 Å². The molecule has 1 amide bonds. The third-order valence-corrected chi connectivity index (χ3v) is 11.7. The Labute approximate surface area is 342 Å². The second-order valence-electron chi connectivity index (χ2n) is 16.9. The highest BCUT2D eigenvalue weighted by Crippen LogP contribution is 2.48. The van der Waals surface area contributed by atoms with Crippen LogP contribution in [0.3, 0.4) is 0 Å². The summed E-state index contributed by atoms with van der Waals surface area (Å²) in [6, 6.07) is 20.9. The van der Waals surface area contributed by atoms with Crippen molar-refractivity contribution in [1.29, 1.82) is 0 Å². The first-order valence-electron chi connectivity index (χ1n) is 21.0. The van der Waals surface area contributed by atoms with Crippen molar-refractivity contribution in [2.24, 2.45) is 0 Å². The van der Waals surface area contributed by atoms with Crippen LogP contribution < -0.4 is 9.64 Å². The molecule has 306 valence electrons. The Morgan fingerprint density at radius 2 is 1.31 bits per heavy atom. The number of pyridine rings is 1. The number of fused-ring (bicyclic) bond motifs is 4. The molecule has 3 aromatic carbocycles. The van der Waals surface area contributed by atoms with Crippen molar-refractivity contribution in [1.82, 2.24) is 44.8 Å². The van der Waals surface area contributed by atoms with Gasteiger partial charge in [0.15, 0.2) is 29.8 Å². The lowest BCUT2D eigenvalue weighted by atomic mass is 10.0. The molecule has 2 unspecified atom stereocenters. The van der Waals surface area contributed by atoms with Crippen molar-refractivity contribution in [3.63, 3.8) is 0 Å². The number of carbonyl (C=O) groups excluding carboxylic acids is 1. The van der Waals surface area contributed by atoms with Gasteiger partial charge < -0.3 is 28.7 Å². The number of hydrogen-bond acceptors (Lipinski definition) is 12. The summed E-state index contributed by atoms with van der Waals surface area (Å²) < 4.78 is 28.2. The number of amides is 1. The van der Waals surface area contributed by atoms with E-state index in [0.717, 1.165) is 133 Å². The number of hydrogen-bond donors (Lipinski definition) is 0. The Balaban J connectivity index is 0.935. The van der Waals surface area contributed by atoms with E-state index in [2.05, 4.69) is 91.1 Å². The summed E-state index contributed by atoms with van der Waals surface area (Å²) in [6.07, 6.45) is 7.74. The standard InChI is InChI=1S/C44H50N10O5/c1-44(2,3)59-43(55)51-19-16-50(17-20-51)18-21-52-37-15-12-31(29-10-13-35-33(24-29)46-48-53(35)40-8-4-6-22-56-40)26-38(37)58-39-27-32(28-45-42(39)52)30-11-14-36-34(25-30)47-49-54(36)41-9-5-7-23-57-41/h10-15,24-28,40-41H,4-9,16-23H2,1-3H3. The van der Waals surface area contributed by atoms with Gasteiger partial charge in [0.1, 0.15) is 16.6 Å². The molecule has 0 aliphatic carbocycles. The molecule has 0 radical (unpaired) electrons. The van der Waals surface area contributed by atoms with Gasteiger partial charge in [0.2, 0.25) is 0 Å². The predicted octanol–water partition coefficient (Wildman–Crippen LogP) is 8.10. The summed E-state index contributed by atoms with van der Waals surface area (Å²) in [7, 11) is 0. The molecule has 0 saturated carbocycles. The van der Waals surface area contributed by atoms with E-state index in [4.69, 9.17) is 23.9 Å². The van der Waals surface area contributed by atoms with Gasteiger partial charge in [-0.05, 0) is 118 Å². The van der Waals surface area contributed by atoms with Gasteiger partial charge in [0.25, 0.3) is 0 Å². The first-order chi connectivity index (χ1) is 28.7. The minimum Gasteiger partial charge on any atom is -0.451 e. The lowest BCUT2D eigenvalue weighted by Gasteiger charge is -2.37. The number of nitrogens with zero attached hydrogens (tertiary/aromatic N) is 10. The highest BCUT2D eigenvalue weighted by molar-refractivity contribution is 5.86. The summed E-state index contributed by atoms with van der Waals surface area (Å²) in [5.41, 5.74) is 7.89. The zero-order valence-corrected chi connectivity index (χ0v) is 33.9. The molecule has 0 N–H and O–H groups in total. The van der Waals surface area contributed by atoms with E-state index in [1.807, 2.05) is 36.3 Å². The molecule has 3 saturated heterocycles. The van der Waals surface area contributed by atoms with E-state index in [0.29, 0.717) is 25.4 Å². The van der Waals surface area contributed by atoms with Crippen LogP contribution in [0.5, 0.6) is 11.5 Å². The fraction of sp³-hybridized carbons (Fsp3) is 0.455. The Kier molecular flexibility index (Phi) is 9.89. The van der Waals surface area contributed by atoms with E-state index in [1.165, 1.54) is 0 Å². The SMILES string of the molecule is CC(C)(C)OC(=O)N1CCN(CCN2c3ccc(-c4ccc5c(c4)nnn5C4CCCCO4)cc3Oc3cc(-c4ccc5c(c4)nnn5C4CCCCO4)cnc32)CC1. The van der Waals surface area contributed by atoms with Crippen LogP contribution in [0.1, 0.15) is 71.8 Å². The molecule has 0 spiro atoms. The van der Waals surface area contributed by atoms with E-state index >= 15 is 0 Å². The van der Waals surface area contributed by atoms with Crippen molar-refractivity contribution >= 4 is 39.7 Å². The van der Waals surface area contributed by atoms with Crippen molar-refractivity contribution in [2.45, 2.75) is 77.4 Å². The lowest BCUT2D eigenvalue weighted by molar-refractivity contribution is -0.0378. The third-order valence-electron chi connectivity index (χ3n) is 11.7. The molecule has 4 aliphatic heterocycles. The predicted molar refractivity (Wildman–Crippen MR) is 223 cm³/mol. The van der Waals surface area contributed by atoms with Gasteiger partial charge in [0.05, 0.1) is 16.7 Å². The quantitative estimate of drug-likeness (QED) is 0.154. The van der Waals surface area contributed by atoms with Gasteiger partial charge in [-0.3, -0.25) is 4.90 Å². The summed E-state index contributed by atoms with van der Waals surface area (Å²) >= 11 is 0. The number of carbonyl (C=O) groups is 1. The average Bonchev–Trinajstić information content (AvgIpc) is 3.89. The minimum absolute atomic E-state index is 0.0813. The molecule has 3 fully saturated rings. The first kappa shape index (κ1) is 37.6. The normalized spacial score (nSPS) is 20.1. The number of ether oxygens (including phenoxy) is 4. The maximum Gasteiger partial charge on any atom is 0.410 e. The van der Waals surface area contributed by atoms with Crippen molar-refractivity contribution in [3.05, 3.63) is 66.9 Å². The first-order valence-corrected chi connectivity index (χ1v) is 21.0. The van der Waals surface area contributed by atoms with Crippen LogP contribution in [-0.2, 0) is 14.2 Å². The van der Waals surface area contributed by atoms with Crippen LogP contribution in [0.15, 0.2) is 66.9 Å². The van der Waals surface area contributed by atoms with Crippen LogP contribution in [0, 0.1) is 0 Å². The Hall–Kier alpha value is -5.64. The highest BCUT2D eigenvalue weighted by atomic mass is 16.6. The topological polar surface area (TPSA) is 138 Å². The van der Waals surface area contributed by atoms with Crippen molar-refractivity contribution < 1.29 is 23.7 Å². The fourth-order valence-corrected chi connectivity index (χ4v) is 8.55. The molecule has 6 aromatic rings. The maximum atomic E-state index is 12.8. The van der Waals surface area contributed by atoms with Crippen LogP contribution in [0.2, 0.25) is 0 Å².